The predicted molar refractivity (Wildman–Crippen MR) is 110 cm³/mol. The van der Waals surface area contributed by atoms with Crippen molar-refractivity contribution in [3.63, 3.8) is 0 Å². The van der Waals surface area contributed by atoms with Crippen molar-refractivity contribution in [2.24, 2.45) is 0 Å². The first-order valence-electron chi connectivity index (χ1n) is 10.1. The van der Waals surface area contributed by atoms with Crippen molar-refractivity contribution in [2.45, 2.75) is 44.1 Å². The van der Waals surface area contributed by atoms with E-state index in [9.17, 15) is 9.18 Å². The second-order valence-corrected chi connectivity index (χ2v) is 7.58. The fourth-order valence-electron chi connectivity index (χ4n) is 4.16. The van der Waals surface area contributed by atoms with Crippen LogP contribution in [0.15, 0.2) is 54.7 Å². The number of carbonyl (C=O) groups is 1. The van der Waals surface area contributed by atoms with Crippen LogP contribution in [0, 0.1) is 5.82 Å². The molecular weight excluding hydrogens is 353 g/mol. The molecule has 3 N–H and O–H groups in total. The summed E-state index contributed by atoms with van der Waals surface area (Å²) in [4.78, 5) is 15.7. The number of hydrogen-bond donors (Lipinski definition) is 3. The fraction of sp³-hybridized carbons (Fsp3) is 0.348. The van der Waals surface area contributed by atoms with Gasteiger partial charge in [0, 0.05) is 35.6 Å². The van der Waals surface area contributed by atoms with Crippen molar-refractivity contribution in [2.75, 3.05) is 6.54 Å². The third-order valence-corrected chi connectivity index (χ3v) is 5.68. The Labute approximate surface area is 164 Å². The first-order valence-corrected chi connectivity index (χ1v) is 10.1. The number of nitrogens with one attached hydrogen (secondary N) is 3. The number of benzene rings is 2. The second-order valence-electron chi connectivity index (χ2n) is 7.58. The van der Waals surface area contributed by atoms with Gasteiger partial charge in [0.25, 0.3) is 0 Å². The van der Waals surface area contributed by atoms with Gasteiger partial charge in [-0.2, -0.15) is 0 Å². The lowest BCUT2D eigenvalue weighted by Crippen LogP contribution is -2.44. The summed E-state index contributed by atoms with van der Waals surface area (Å²) < 4.78 is 13.4. The van der Waals surface area contributed by atoms with Gasteiger partial charge < -0.3 is 15.6 Å². The van der Waals surface area contributed by atoms with Gasteiger partial charge in [0.1, 0.15) is 5.82 Å². The Hall–Kier alpha value is -2.82. The van der Waals surface area contributed by atoms with Gasteiger partial charge in [-0.15, -0.1) is 0 Å². The Morgan fingerprint density at radius 3 is 2.61 bits per heavy atom. The fourth-order valence-corrected chi connectivity index (χ4v) is 4.16. The number of carbonyl (C=O) groups excluding carboxylic acids is 1. The van der Waals surface area contributed by atoms with Crippen molar-refractivity contribution in [1.29, 1.82) is 0 Å². The largest absolute Gasteiger partial charge is 0.361 e. The number of urea groups is 1. The summed E-state index contributed by atoms with van der Waals surface area (Å²) in [5.74, 6) is -0.321. The van der Waals surface area contributed by atoms with Crippen molar-refractivity contribution >= 4 is 16.9 Å². The molecule has 4 rings (SSSR count). The molecule has 0 unspecified atom stereocenters. The number of para-hydroxylation sites is 1. The second kappa shape index (κ2) is 8.46. The molecule has 5 heteroatoms. The molecule has 1 fully saturated rings. The van der Waals surface area contributed by atoms with E-state index < -0.39 is 0 Å². The predicted octanol–water partition coefficient (Wildman–Crippen LogP) is 5.07. The zero-order valence-electron chi connectivity index (χ0n) is 15.9. The zero-order chi connectivity index (χ0) is 19.3. The number of halogens is 1. The lowest BCUT2D eigenvalue weighted by atomic mass is 9.91. The summed E-state index contributed by atoms with van der Waals surface area (Å²) in [5, 5.41) is 7.25. The normalized spacial score (nSPS) is 16.0. The first kappa shape index (κ1) is 18.5. The van der Waals surface area contributed by atoms with Gasteiger partial charge in [0.15, 0.2) is 0 Å². The molecule has 1 aromatic heterocycles. The molecular formula is C23H26FN3O. The summed E-state index contributed by atoms with van der Waals surface area (Å²) in [6.07, 6.45) is 7.71. The highest BCUT2D eigenvalue weighted by atomic mass is 19.1. The summed E-state index contributed by atoms with van der Waals surface area (Å²) in [6, 6.07) is 14.8. The number of aromatic nitrogens is 1. The molecule has 0 bridgehead atoms. The van der Waals surface area contributed by atoms with Crippen molar-refractivity contribution < 1.29 is 9.18 Å². The molecule has 1 saturated carbocycles. The number of rotatable bonds is 5. The van der Waals surface area contributed by atoms with Crippen LogP contribution in [-0.2, 0) is 0 Å². The minimum Gasteiger partial charge on any atom is -0.361 e. The maximum absolute atomic E-state index is 13.4. The summed E-state index contributed by atoms with van der Waals surface area (Å²) in [6.45, 7) is 0.450. The number of aromatic amines is 1. The van der Waals surface area contributed by atoms with Crippen molar-refractivity contribution in [3.8, 4) is 0 Å². The smallest absolute Gasteiger partial charge is 0.315 e. The maximum atomic E-state index is 13.4. The van der Waals surface area contributed by atoms with Crippen LogP contribution in [0.1, 0.15) is 49.1 Å². The lowest BCUT2D eigenvalue weighted by molar-refractivity contribution is 0.232. The van der Waals surface area contributed by atoms with Crippen LogP contribution in [0.4, 0.5) is 9.18 Å². The van der Waals surface area contributed by atoms with Crippen LogP contribution in [0.5, 0.6) is 0 Å². The molecule has 28 heavy (non-hydrogen) atoms. The number of H-pyrrole nitrogens is 1. The van der Waals surface area contributed by atoms with Crippen LogP contribution < -0.4 is 10.6 Å². The van der Waals surface area contributed by atoms with Crippen LogP contribution in [0.2, 0.25) is 0 Å². The Morgan fingerprint density at radius 2 is 1.82 bits per heavy atom. The van der Waals surface area contributed by atoms with Gasteiger partial charge in [-0.1, -0.05) is 49.6 Å². The van der Waals surface area contributed by atoms with Gasteiger partial charge in [0.05, 0.1) is 0 Å². The first-order chi connectivity index (χ1) is 13.7. The van der Waals surface area contributed by atoms with Gasteiger partial charge in [-0.3, -0.25) is 0 Å². The molecule has 2 aromatic carbocycles. The maximum Gasteiger partial charge on any atom is 0.315 e. The van der Waals surface area contributed by atoms with Gasteiger partial charge in [-0.05, 0) is 42.2 Å². The number of amides is 2. The van der Waals surface area contributed by atoms with E-state index in [4.69, 9.17) is 0 Å². The molecule has 4 nitrogen and oxygen atoms in total. The standard InChI is InChI=1S/C23H26FN3O/c24-17-12-10-16(11-13-17)20(21-15-25-22-9-5-4-8-19(21)22)14-26-23(28)27-18-6-2-1-3-7-18/h4-5,8-13,15,18,20,25H,1-3,6-7,14H2,(H2,26,27,28)/t20-/m0/s1. The third kappa shape index (κ3) is 4.19. The van der Waals surface area contributed by atoms with E-state index in [1.54, 1.807) is 12.1 Å². The Morgan fingerprint density at radius 1 is 1.07 bits per heavy atom. The number of hydrogen-bond acceptors (Lipinski definition) is 1. The van der Waals surface area contributed by atoms with E-state index in [1.165, 1.54) is 31.4 Å². The number of fused-ring (bicyclic) bond motifs is 1. The summed E-state index contributed by atoms with van der Waals surface area (Å²) in [5.41, 5.74) is 3.13. The quantitative estimate of drug-likeness (QED) is 0.569. The van der Waals surface area contributed by atoms with Crippen molar-refractivity contribution in [3.05, 3.63) is 71.7 Å². The third-order valence-electron chi connectivity index (χ3n) is 5.68. The molecule has 0 saturated heterocycles. The molecule has 0 aliphatic heterocycles. The van der Waals surface area contributed by atoms with E-state index in [2.05, 4.69) is 21.7 Å². The topological polar surface area (TPSA) is 56.9 Å². The SMILES string of the molecule is O=C(NC[C@@H](c1ccc(F)cc1)c1c[nH]c2ccccc12)NC1CCCCC1. The van der Waals surface area contributed by atoms with E-state index in [1.807, 2.05) is 24.4 Å². The molecule has 2 amide bonds. The highest BCUT2D eigenvalue weighted by Crippen LogP contribution is 2.30. The molecule has 1 aliphatic carbocycles. The van der Waals surface area contributed by atoms with Crippen LogP contribution in [-0.4, -0.2) is 23.6 Å². The molecule has 3 aromatic rings. The summed E-state index contributed by atoms with van der Waals surface area (Å²) >= 11 is 0. The molecule has 0 radical (unpaired) electrons. The van der Waals surface area contributed by atoms with Gasteiger partial charge in [-0.25, -0.2) is 9.18 Å². The van der Waals surface area contributed by atoms with E-state index >= 15 is 0 Å². The van der Waals surface area contributed by atoms with E-state index in [0.29, 0.717) is 6.54 Å². The highest BCUT2D eigenvalue weighted by Gasteiger charge is 2.20. The Kier molecular flexibility index (Phi) is 5.60. The average molecular weight is 379 g/mol. The monoisotopic (exact) mass is 379 g/mol. The molecule has 1 aliphatic rings. The minimum atomic E-state index is -0.260. The van der Waals surface area contributed by atoms with E-state index in [-0.39, 0.29) is 23.8 Å². The van der Waals surface area contributed by atoms with Gasteiger partial charge >= 0.3 is 6.03 Å². The van der Waals surface area contributed by atoms with E-state index in [0.717, 1.165) is 34.9 Å². The average Bonchev–Trinajstić information content (AvgIpc) is 3.14. The highest BCUT2D eigenvalue weighted by molar-refractivity contribution is 5.84. The Bertz CT molecular complexity index is 928. The van der Waals surface area contributed by atoms with Gasteiger partial charge in [0.2, 0.25) is 0 Å². The lowest BCUT2D eigenvalue weighted by Gasteiger charge is -2.24. The molecule has 1 heterocycles. The minimum absolute atomic E-state index is 0.0612. The zero-order valence-corrected chi connectivity index (χ0v) is 15.9. The summed E-state index contributed by atoms with van der Waals surface area (Å²) in [7, 11) is 0. The van der Waals surface area contributed by atoms with Crippen LogP contribution in [0.25, 0.3) is 10.9 Å². The molecule has 0 spiro atoms. The van der Waals surface area contributed by atoms with Crippen LogP contribution in [0.3, 0.4) is 0 Å². The Balaban J connectivity index is 1.53. The van der Waals surface area contributed by atoms with Crippen molar-refractivity contribution in [1.82, 2.24) is 15.6 Å². The van der Waals surface area contributed by atoms with Crippen LogP contribution >= 0.6 is 0 Å². The molecule has 146 valence electrons. The molecule has 1 atom stereocenters.